The number of halogens is 1. The van der Waals surface area contributed by atoms with Crippen LogP contribution >= 0.6 is 15.9 Å². The molecule has 2 heterocycles. The molecule has 1 saturated carbocycles. The van der Waals surface area contributed by atoms with Crippen molar-refractivity contribution in [3.63, 3.8) is 0 Å². The van der Waals surface area contributed by atoms with E-state index in [1.807, 2.05) is 0 Å². The molecule has 10 heteroatoms. The Morgan fingerprint density at radius 1 is 1.03 bits per heavy atom. The lowest BCUT2D eigenvalue weighted by molar-refractivity contribution is -0.134. The summed E-state index contributed by atoms with van der Waals surface area (Å²) in [4.78, 5) is 44.0. The molecular formula is C27H32BrN3O5S. The molecule has 37 heavy (non-hydrogen) atoms. The number of carbonyl (C=O) groups excluding carboxylic acids is 3. The van der Waals surface area contributed by atoms with Crippen molar-refractivity contribution in [3.05, 3.63) is 58.7 Å². The fourth-order valence-corrected chi connectivity index (χ4v) is 6.86. The molecule has 1 aromatic heterocycles. The van der Waals surface area contributed by atoms with Crippen LogP contribution in [0.15, 0.2) is 58.2 Å². The van der Waals surface area contributed by atoms with Gasteiger partial charge in [-0.25, -0.2) is 13.4 Å². The molecule has 2 atom stereocenters. The number of ketones is 2. The molecular weight excluding hydrogens is 558 g/mol. The van der Waals surface area contributed by atoms with Crippen molar-refractivity contribution < 1.29 is 22.8 Å². The molecule has 1 aliphatic heterocycles. The van der Waals surface area contributed by atoms with Crippen molar-refractivity contribution in [2.45, 2.75) is 62.4 Å². The summed E-state index contributed by atoms with van der Waals surface area (Å²) in [5.41, 5.74) is 0.435. The van der Waals surface area contributed by atoms with Gasteiger partial charge in [-0.2, -0.15) is 4.31 Å². The first-order valence-corrected chi connectivity index (χ1v) is 15.0. The zero-order chi connectivity index (χ0) is 26.4. The molecule has 198 valence electrons. The van der Waals surface area contributed by atoms with Crippen molar-refractivity contribution in [1.29, 1.82) is 0 Å². The third kappa shape index (κ3) is 6.91. The van der Waals surface area contributed by atoms with Gasteiger partial charge in [-0.1, -0.05) is 54.1 Å². The molecule has 2 fully saturated rings. The first-order valence-electron chi connectivity index (χ1n) is 12.8. The van der Waals surface area contributed by atoms with E-state index in [0.717, 1.165) is 34.5 Å². The monoisotopic (exact) mass is 589 g/mol. The fourth-order valence-electron chi connectivity index (χ4n) is 5.22. The van der Waals surface area contributed by atoms with E-state index in [-0.39, 0.29) is 36.2 Å². The number of hydrogen-bond donors (Lipinski definition) is 1. The van der Waals surface area contributed by atoms with Crippen LogP contribution in [0.3, 0.4) is 0 Å². The third-order valence-corrected chi connectivity index (χ3v) is 9.55. The minimum Gasteiger partial charge on any atom is -0.342 e. The maximum atomic E-state index is 13.8. The number of hydrogen-bond acceptors (Lipinski definition) is 6. The summed E-state index contributed by atoms with van der Waals surface area (Å²) in [6, 6.07) is 10.7. The number of sulfonamides is 1. The normalized spacial score (nSPS) is 20.7. The van der Waals surface area contributed by atoms with Gasteiger partial charge in [-0.15, -0.1) is 0 Å². The summed E-state index contributed by atoms with van der Waals surface area (Å²) in [5.74, 6) is -1.77. The topological polar surface area (TPSA) is 114 Å². The Morgan fingerprint density at radius 3 is 2.43 bits per heavy atom. The maximum absolute atomic E-state index is 13.8. The van der Waals surface area contributed by atoms with Gasteiger partial charge in [0.15, 0.2) is 16.6 Å². The summed E-state index contributed by atoms with van der Waals surface area (Å²) < 4.78 is 28.1. The van der Waals surface area contributed by atoms with Crippen molar-refractivity contribution in [1.82, 2.24) is 14.6 Å². The minimum atomic E-state index is -3.95. The van der Waals surface area contributed by atoms with Crippen LogP contribution in [0.5, 0.6) is 0 Å². The van der Waals surface area contributed by atoms with Crippen molar-refractivity contribution in [2.24, 2.45) is 11.8 Å². The Morgan fingerprint density at radius 2 is 1.76 bits per heavy atom. The molecule has 0 radical (unpaired) electrons. The SMILES string of the molecule is O=C(NC(CC1CCCCC1)C(=O)[C@H]1CCCN(S(=O)(=O)c2ccccn2)CC1=O)c1ccc(Br)cc1. The van der Waals surface area contributed by atoms with Gasteiger partial charge in [-0.05, 0) is 61.6 Å². The molecule has 1 aromatic carbocycles. The second-order valence-electron chi connectivity index (χ2n) is 9.84. The fraction of sp³-hybridized carbons (Fsp3) is 0.481. The van der Waals surface area contributed by atoms with Gasteiger partial charge in [0.2, 0.25) is 0 Å². The smallest absolute Gasteiger partial charge is 0.260 e. The first kappa shape index (κ1) is 27.6. The van der Waals surface area contributed by atoms with Gasteiger partial charge >= 0.3 is 0 Å². The van der Waals surface area contributed by atoms with Gasteiger partial charge in [0.05, 0.1) is 18.5 Å². The predicted molar refractivity (Wildman–Crippen MR) is 142 cm³/mol. The molecule has 4 rings (SSSR count). The van der Waals surface area contributed by atoms with E-state index in [4.69, 9.17) is 0 Å². The molecule has 8 nitrogen and oxygen atoms in total. The molecule has 2 aromatic rings. The number of carbonyl (C=O) groups is 3. The Hall–Kier alpha value is -2.43. The number of benzene rings is 1. The van der Waals surface area contributed by atoms with E-state index in [1.165, 1.54) is 18.7 Å². The average Bonchev–Trinajstić information content (AvgIpc) is 3.11. The molecule has 1 N–H and O–H groups in total. The lowest BCUT2D eigenvalue weighted by Gasteiger charge is -2.28. The highest BCUT2D eigenvalue weighted by Crippen LogP contribution is 2.30. The maximum Gasteiger partial charge on any atom is 0.260 e. The summed E-state index contributed by atoms with van der Waals surface area (Å²) in [7, 11) is -3.95. The number of Topliss-reactive ketones (excluding diaryl/α,β-unsaturated/α-hetero) is 2. The second kappa shape index (κ2) is 12.4. The van der Waals surface area contributed by atoms with E-state index in [9.17, 15) is 22.8 Å². The zero-order valence-electron chi connectivity index (χ0n) is 20.6. The summed E-state index contributed by atoms with van der Waals surface area (Å²) in [6.07, 6.45) is 7.83. The van der Waals surface area contributed by atoms with Crippen LogP contribution in [0.4, 0.5) is 0 Å². The van der Waals surface area contributed by atoms with Crippen LogP contribution < -0.4 is 5.32 Å². The van der Waals surface area contributed by atoms with Crippen molar-refractivity contribution >= 4 is 43.4 Å². The summed E-state index contributed by atoms with van der Waals surface area (Å²) in [5, 5.41) is 2.79. The molecule has 1 aliphatic carbocycles. The highest BCUT2D eigenvalue weighted by atomic mass is 79.9. The number of nitrogens with one attached hydrogen (secondary N) is 1. The Labute approximate surface area is 226 Å². The number of aromatic nitrogens is 1. The number of rotatable bonds is 8. The van der Waals surface area contributed by atoms with Crippen LogP contribution in [-0.2, 0) is 19.6 Å². The van der Waals surface area contributed by atoms with Gasteiger partial charge in [0, 0.05) is 22.8 Å². The quantitative estimate of drug-likeness (QED) is 0.463. The molecule has 1 saturated heterocycles. The highest BCUT2D eigenvalue weighted by molar-refractivity contribution is 9.10. The van der Waals surface area contributed by atoms with Gasteiger partial charge in [0.1, 0.15) is 0 Å². The lowest BCUT2D eigenvalue weighted by Crippen LogP contribution is -2.47. The molecule has 1 amide bonds. The zero-order valence-corrected chi connectivity index (χ0v) is 23.0. The molecule has 0 bridgehead atoms. The van der Waals surface area contributed by atoms with Gasteiger partial charge < -0.3 is 5.32 Å². The van der Waals surface area contributed by atoms with E-state index >= 15 is 0 Å². The van der Waals surface area contributed by atoms with Crippen LogP contribution in [0.2, 0.25) is 0 Å². The van der Waals surface area contributed by atoms with Crippen molar-refractivity contribution in [2.75, 3.05) is 13.1 Å². The summed E-state index contributed by atoms with van der Waals surface area (Å²) >= 11 is 3.36. The second-order valence-corrected chi connectivity index (χ2v) is 12.6. The number of nitrogens with zero attached hydrogens (tertiary/aromatic N) is 2. The largest absolute Gasteiger partial charge is 0.342 e. The number of pyridine rings is 1. The molecule has 0 spiro atoms. The van der Waals surface area contributed by atoms with E-state index in [1.54, 1.807) is 36.4 Å². The molecule has 1 unspecified atom stereocenters. The van der Waals surface area contributed by atoms with Gasteiger partial charge in [0.25, 0.3) is 15.9 Å². The molecule has 2 aliphatic rings. The first-order chi connectivity index (χ1) is 17.8. The Balaban J connectivity index is 1.51. The summed E-state index contributed by atoms with van der Waals surface area (Å²) in [6.45, 7) is -0.251. The average molecular weight is 591 g/mol. The lowest BCUT2D eigenvalue weighted by atomic mass is 9.81. The Kier molecular flexibility index (Phi) is 9.26. The van der Waals surface area contributed by atoms with Crippen LogP contribution in [-0.4, -0.2) is 54.3 Å². The number of amides is 1. The van der Waals surface area contributed by atoms with E-state index in [0.29, 0.717) is 24.3 Å². The van der Waals surface area contributed by atoms with Crippen LogP contribution in [0.1, 0.15) is 61.7 Å². The van der Waals surface area contributed by atoms with E-state index < -0.39 is 27.8 Å². The van der Waals surface area contributed by atoms with Crippen LogP contribution in [0.25, 0.3) is 0 Å². The van der Waals surface area contributed by atoms with Crippen LogP contribution in [0, 0.1) is 11.8 Å². The van der Waals surface area contributed by atoms with Crippen molar-refractivity contribution in [3.8, 4) is 0 Å². The highest BCUT2D eigenvalue weighted by Gasteiger charge is 2.39. The third-order valence-electron chi connectivity index (χ3n) is 7.26. The standard InChI is InChI=1S/C27H32BrN3O5S/c28-21-13-11-20(12-14-21)27(34)30-23(17-19-7-2-1-3-8-19)26(33)22-9-6-16-31(18-24(22)32)37(35,36)25-10-4-5-15-29-25/h4-5,10-15,19,22-23H,1-3,6-9,16-18H2,(H,30,34)/t22-,23?/m0/s1. The predicted octanol–water partition coefficient (Wildman–Crippen LogP) is 4.15. The minimum absolute atomic E-state index is 0.121. The Bertz CT molecular complexity index is 1210. The van der Waals surface area contributed by atoms with E-state index in [2.05, 4.69) is 26.2 Å². The van der Waals surface area contributed by atoms with Gasteiger partial charge in [-0.3, -0.25) is 14.4 Å².